The third-order valence-electron chi connectivity index (χ3n) is 1.13. The summed E-state index contributed by atoms with van der Waals surface area (Å²) in [5, 5.41) is 0. The van der Waals surface area contributed by atoms with Crippen molar-refractivity contribution in [1.29, 1.82) is 0 Å². The third-order valence-corrected chi connectivity index (χ3v) is 2.28. The fourth-order valence-corrected chi connectivity index (χ4v) is 1.45. The van der Waals surface area contributed by atoms with Gasteiger partial charge in [-0.2, -0.15) is 0 Å². The van der Waals surface area contributed by atoms with Crippen LogP contribution in [0, 0.1) is 0 Å². The van der Waals surface area contributed by atoms with Crippen molar-refractivity contribution in [2.45, 2.75) is 13.0 Å². The predicted octanol–water partition coefficient (Wildman–Crippen LogP) is -1.27. The Morgan fingerprint density at radius 3 is 2.75 bits per heavy atom. The Bertz CT molecular complexity index is 117. The summed E-state index contributed by atoms with van der Waals surface area (Å²) in [6, 6.07) is 0.191. The van der Waals surface area contributed by atoms with Crippen LogP contribution in [0.3, 0.4) is 0 Å². The van der Waals surface area contributed by atoms with Gasteiger partial charge in [-0.1, -0.05) is 0 Å². The van der Waals surface area contributed by atoms with Gasteiger partial charge in [-0.3, -0.25) is 5.84 Å². The molecule has 5 heteroatoms. The number of nitrogens with zero attached hydrogens (tertiary/aromatic N) is 1. The van der Waals surface area contributed by atoms with Gasteiger partial charge in [-0.05, 0) is 6.92 Å². The van der Waals surface area contributed by atoms with E-state index in [1.165, 1.54) is 4.41 Å². The van der Waals surface area contributed by atoms with Crippen LogP contribution in [0.1, 0.15) is 6.92 Å². The van der Waals surface area contributed by atoms with E-state index in [1.54, 1.807) is 0 Å². The van der Waals surface area contributed by atoms with Crippen molar-refractivity contribution in [2.75, 3.05) is 6.54 Å². The van der Waals surface area contributed by atoms with Gasteiger partial charge in [0.05, 0.1) is 0 Å². The fourth-order valence-electron chi connectivity index (χ4n) is 0.520. The van der Waals surface area contributed by atoms with Crippen LogP contribution in [0.5, 0.6) is 0 Å². The molecule has 1 saturated heterocycles. The second kappa shape index (κ2) is 2.10. The summed E-state index contributed by atoms with van der Waals surface area (Å²) in [4.78, 5) is 0. The molecule has 1 fully saturated rings. The summed E-state index contributed by atoms with van der Waals surface area (Å²) in [7, 11) is 0. The molecule has 0 spiro atoms. The Kier molecular flexibility index (Phi) is 1.62. The lowest BCUT2D eigenvalue weighted by Gasteiger charge is -2.07. The normalized spacial score (nSPS) is 40.8. The van der Waals surface area contributed by atoms with Gasteiger partial charge in [0.15, 0.2) is 11.2 Å². The van der Waals surface area contributed by atoms with Crippen LogP contribution >= 0.6 is 0 Å². The molecule has 0 saturated carbocycles. The monoisotopic (exact) mass is 135 g/mol. The maximum absolute atomic E-state index is 10.6. The number of nitrogens with two attached hydrogens (primary N) is 1. The Morgan fingerprint density at radius 2 is 2.62 bits per heavy atom. The largest absolute Gasteiger partial charge is 0.256 e. The van der Waals surface area contributed by atoms with Gasteiger partial charge >= 0.3 is 0 Å². The van der Waals surface area contributed by atoms with Crippen LogP contribution in [0.4, 0.5) is 0 Å². The quantitative estimate of drug-likeness (QED) is 0.407. The molecule has 0 aromatic heterocycles. The first-order valence-corrected chi connectivity index (χ1v) is 3.52. The van der Waals surface area contributed by atoms with Gasteiger partial charge in [0.2, 0.25) is 0 Å². The van der Waals surface area contributed by atoms with Gasteiger partial charge in [-0.25, -0.2) is 8.93 Å². The SMILES string of the molecule is CC1CNS(=O)N1N. The van der Waals surface area contributed by atoms with Crippen LogP contribution < -0.4 is 10.6 Å². The summed E-state index contributed by atoms with van der Waals surface area (Å²) in [5.41, 5.74) is 0. The molecule has 0 amide bonds. The molecule has 1 aliphatic heterocycles. The highest BCUT2D eigenvalue weighted by Crippen LogP contribution is 2.00. The molecule has 2 unspecified atom stereocenters. The standard InChI is InChI=1S/C3H9N3OS/c1-3-2-5-8(7)6(3)4/h3,5H,2,4H2,1H3. The topological polar surface area (TPSA) is 58.4 Å². The van der Waals surface area contributed by atoms with Crippen LogP contribution in [0.15, 0.2) is 0 Å². The van der Waals surface area contributed by atoms with Gasteiger partial charge in [-0.15, -0.1) is 4.41 Å². The minimum absolute atomic E-state index is 0.191. The summed E-state index contributed by atoms with van der Waals surface area (Å²) in [5.74, 6) is 5.29. The van der Waals surface area contributed by atoms with Crippen LogP contribution in [-0.4, -0.2) is 21.2 Å². The molecule has 4 nitrogen and oxygen atoms in total. The summed E-state index contributed by atoms with van der Waals surface area (Å²) >= 11 is -1.14. The number of hydrazine groups is 1. The lowest BCUT2D eigenvalue weighted by atomic mass is 10.4. The zero-order valence-electron chi connectivity index (χ0n) is 4.63. The zero-order valence-corrected chi connectivity index (χ0v) is 5.44. The molecular formula is C3H9N3OS. The molecule has 2 atom stereocenters. The van der Waals surface area contributed by atoms with Crippen LogP contribution in [0.2, 0.25) is 0 Å². The Morgan fingerprint density at radius 1 is 2.00 bits per heavy atom. The second-order valence-corrected chi connectivity index (χ2v) is 3.02. The molecule has 3 N–H and O–H groups in total. The van der Waals surface area contributed by atoms with Crippen molar-refractivity contribution in [3.05, 3.63) is 0 Å². The Labute approximate surface area is 50.7 Å². The van der Waals surface area contributed by atoms with Gasteiger partial charge in [0.25, 0.3) is 0 Å². The Balaban J connectivity index is 2.56. The zero-order chi connectivity index (χ0) is 6.15. The van der Waals surface area contributed by atoms with E-state index in [0.29, 0.717) is 6.54 Å². The average molecular weight is 135 g/mol. The highest BCUT2D eigenvalue weighted by Gasteiger charge is 2.23. The first kappa shape index (κ1) is 6.15. The highest BCUT2D eigenvalue weighted by atomic mass is 32.2. The highest BCUT2D eigenvalue weighted by molar-refractivity contribution is 7.80. The first-order chi connectivity index (χ1) is 3.72. The van der Waals surface area contributed by atoms with Crippen molar-refractivity contribution >= 4 is 11.2 Å². The fraction of sp³-hybridized carbons (Fsp3) is 1.00. The van der Waals surface area contributed by atoms with Crippen molar-refractivity contribution in [3.63, 3.8) is 0 Å². The first-order valence-electron chi connectivity index (χ1n) is 2.41. The lowest BCUT2D eigenvalue weighted by Crippen LogP contribution is -2.35. The molecule has 1 rings (SSSR count). The van der Waals surface area contributed by atoms with E-state index < -0.39 is 11.2 Å². The molecule has 0 aromatic carbocycles. The number of rotatable bonds is 0. The van der Waals surface area contributed by atoms with Gasteiger partial charge in [0.1, 0.15) is 0 Å². The second-order valence-electron chi connectivity index (χ2n) is 1.81. The minimum Gasteiger partial charge on any atom is -0.256 e. The van der Waals surface area contributed by atoms with E-state index in [1.807, 2.05) is 6.92 Å². The van der Waals surface area contributed by atoms with E-state index >= 15 is 0 Å². The maximum atomic E-state index is 10.6. The summed E-state index contributed by atoms with van der Waals surface area (Å²) in [6.07, 6.45) is 0. The molecule has 0 bridgehead atoms. The number of nitrogens with one attached hydrogen (secondary N) is 1. The van der Waals surface area contributed by atoms with Crippen molar-refractivity contribution < 1.29 is 4.21 Å². The van der Waals surface area contributed by atoms with E-state index in [0.717, 1.165) is 0 Å². The van der Waals surface area contributed by atoms with Crippen LogP contribution in [-0.2, 0) is 11.2 Å². The summed E-state index contributed by atoms with van der Waals surface area (Å²) < 4.78 is 14.6. The average Bonchev–Trinajstić information content (AvgIpc) is 1.98. The molecular weight excluding hydrogens is 126 g/mol. The number of hydrogen-bond acceptors (Lipinski definition) is 2. The molecule has 8 heavy (non-hydrogen) atoms. The minimum atomic E-state index is -1.14. The third kappa shape index (κ3) is 0.899. The predicted molar refractivity (Wildman–Crippen MR) is 31.6 cm³/mol. The van der Waals surface area contributed by atoms with E-state index in [2.05, 4.69) is 4.72 Å². The maximum Gasteiger partial charge on any atom is 0.184 e. The summed E-state index contributed by atoms with van der Waals surface area (Å²) in [6.45, 7) is 2.63. The van der Waals surface area contributed by atoms with E-state index in [9.17, 15) is 4.21 Å². The smallest absolute Gasteiger partial charge is 0.184 e. The van der Waals surface area contributed by atoms with E-state index in [4.69, 9.17) is 5.84 Å². The van der Waals surface area contributed by atoms with Crippen LogP contribution in [0.25, 0.3) is 0 Å². The lowest BCUT2D eigenvalue weighted by molar-refractivity contribution is 0.406. The van der Waals surface area contributed by atoms with Crippen molar-refractivity contribution in [1.82, 2.24) is 9.14 Å². The van der Waals surface area contributed by atoms with Gasteiger partial charge in [0, 0.05) is 12.6 Å². The van der Waals surface area contributed by atoms with E-state index in [-0.39, 0.29) is 6.04 Å². The molecule has 48 valence electrons. The van der Waals surface area contributed by atoms with Crippen molar-refractivity contribution in [3.8, 4) is 0 Å². The number of hydrogen-bond donors (Lipinski definition) is 2. The molecule has 0 aliphatic carbocycles. The molecule has 1 aliphatic rings. The Hall–Kier alpha value is 0.0300. The molecule has 1 heterocycles. The van der Waals surface area contributed by atoms with Crippen molar-refractivity contribution in [2.24, 2.45) is 5.84 Å². The molecule has 0 aromatic rings. The molecule has 0 radical (unpaired) electrons. The van der Waals surface area contributed by atoms with Gasteiger partial charge < -0.3 is 0 Å².